The number of halogens is 2. The van der Waals surface area contributed by atoms with E-state index in [0.29, 0.717) is 34.8 Å². The Kier molecular flexibility index (Phi) is 7.04. The number of rotatable bonds is 5. The summed E-state index contributed by atoms with van der Waals surface area (Å²) < 4.78 is 7.15. The van der Waals surface area contributed by atoms with E-state index in [4.69, 9.17) is 16.3 Å². The fraction of sp³-hybridized carbons (Fsp3) is 0.438. The molecule has 25 heavy (non-hydrogen) atoms. The lowest BCUT2D eigenvalue weighted by Crippen LogP contribution is -2.29. The van der Waals surface area contributed by atoms with E-state index in [2.05, 4.69) is 20.9 Å². The molecular formula is C16H21Cl2N5O2. The molecule has 2 N–H and O–H groups in total. The van der Waals surface area contributed by atoms with Crippen molar-refractivity contribution >= 4 is 35.6 Å². The molecular weight excluding hydrogens is 365 g/mol. The van der Waals surface area contributed by atoms with E-state index in [1.54, 1.807) is 29.1 Å². The lowest BCUT2D eigenvalue weighted by Gasteiger charge is -2.22. The number of carbonyl (C=O) groups excluding carboxylic acids is 1. The zero-order valence-corrected chi connectivity index (χ0v) is 15.4. The first-order valence-electron chi connectivity index (χ1n) is 8.03. The monoisotopic (exact) mass is 385 g/mol. The van der Waals surface area contributed by atoms with Gasteiger partial charge in [-0.25, -0.2) is 4.68 Å². The van der Waals surface area contributed by atoms with Crippen LogP contribution >= 0.6 is 24.0 Å². The second-order valence-corrected chi connectivity index (χ2v) is 6.00. The summed E-state index contributed by atoms with van der Waals surface area (Å²) in [6, 6.07) is 5.42. The number of nitrogens with one attached hydrogen (secondary N) is 2. The smallest absolute Gasteiger partial charge is 0.277 e. The number of hydrogen-bond acceptors (Lipinski definition) is 5. The number of nitrogens with zero attached hydrogens (tertiary/aromatic N) is 3. The van der Waals surface area contributed by atoms with Crippen LogP contribution in [0.1, 0.15) is 36.3 Å². The van der Waals surface area contributed by atoms with E-state index in [-0.39, 0.29) is 18.3 Å². The zero-order chi connectivity index (χ0) is 16.9. The average molecular weight is 386 g/mol. The highest BCUT2D eigenvalue weighted by atomic mass is 35.5. The molecule has 2 aromatic rings. The van der Waals surface area contributed by atoms with Crippen LogP contribution in [0.3, 0.4) is 0 Å². The van der Waals surface area contributed by atoms with Crippen molar-refractivity contribution in [1.29, 1.82) is 0 Å². The highest BCUT2D eigenvalue weighted by Crippen LogP contribution is 2.27. The second kappa shape index (κ2) is 9.03. The number of hydrogen-bond donors (Lipinski definition) is 2. The van der Waals surface area contributed by atoms with E-state index in [9.17, 15) is 4.79 Å². The van der Waals surface area contributed by atoms with Gasteiger partial charge in [-0.15, -0.1) is 17.5 Å². The van der Waals surface area contributed by atoms with Crippen LogP contribution in [0.5, 0.6) is 5.75 Å². The van der Waals surface area contributed by atoms with Gasteiger partial charge in [0.2, 0.25) is 0 Å². The third-order valence-electron chi connectivity index (χ3n) is 3.92. The predicted octanol–water partition coefficient (Wildman–Crippen LogP) is 2.93. The molecule has 0 radical (unpaired) electrons. The second-order valence-electron chi connectivity index (χ2n) is 5.60. The Morgan fingerprint density at radius 2 is 2.20 bits per heavy atom. The lowest BCUT2D eigenvalue weighted by atomic mass is 10.1. The van der Waals surface area contributed by atoms with Gasteiger partial charge in [-0.2, -0.15) is 0 Å². The van der Waals surface area contributed by atoms with Gasteiger partial charge in [0.05, 0.1) is 23.9 Å². The number of ether oxygens (including phenoxy) is 1. The van der Waals surface area contributed by atoms with Crippen LogP contribution in [0, 0.1) is 0 Å². The van der Waals surface area contributed by atoms with Crippen molar-refractivity contribution in [3.05, 3.63) is 35.1 Å². The Bertz CT molecular complexity index is 716. The summed E-state index contributed by atoms with van der Waals surface area (Å²) in [5.74, 6) is 0.282. The molecule has 1 fully saturated rings. The van der Waals surface area contributed by atoms with Gasteiger partial charge >= 0.3 is 0 Å². The highest BCUT2D eigenvalue weighted by Gasteiger charge is 2.19. The molecule has 0 saturated carbocycles. The minimum Gasteiger partial charge on any atom is -0.492 e. The van der Waals surface area contributed by atoms with E-state index in [1.165, 1.54) is 0 Å². The highest BCUT2D eigenvalue weighted by molar-refractivity contribution is 6.32. The molecule has 0 aliphatic carbocycles. The number of benzene rings is 1. The maximum absolute atomic E-state index is 12.3. The molecule has 0 atom stereocenters. The summed E-state index contributed by atoms with van der Waals surface area (Å²) in [6.07, 6.45) is 3.67. The number of aromatic nitrogens is 3. The van der Waals surface area contributed by atoms with Crippen molar-refractivity contribution in [2.75, 3.05) is 25.0 Å². The van der Waals surface area contributed by atoms with E-state index < -0.39 is 0 Å². The van der Waals surface area contributed by atoms with Gasteiger partial charge in [-0.05, 0) is 51.1 Å². The number of piperidine rings is 1. The summed E-state index contributed by atoms with van der Waals surface area (Å²) in [5, 5.41) is 14.6. The average Bonchev–Trinajstić information content (AvgIpc) is 3.08. The normalized spacial score (nSPS) is 14.6. The summed E-state index contributed by atoms with van der Waals surface area (Å²) in [6.45, 7) is 4.33. The van der Waals surface area contributed by atoms with Crippen molar-refractivity contribution < 1.29 is 9.53 Å². The third-order valence-corrected chi connectivity index (χ3v) is 4.21. The molecule has 7 nitrogen and oxygen atoms in total. The minimum absolute atomic E-state index is 0. The summed E-state index contributed by atoms with van der Waals surface area (Å²) >= 11 is 6.13. The van der Waals surface area contributed by atoms with Crippen LogP contribution in [0.15, 0.2) is 24.4 Å². The molecule has 1 aliphatic rings. The van der Waals surface area contributed by atoms with Crippen LogP contribution in [-0.4, -0.2) is 40.6 Å². The van der Waals surface area contributed by atoms with Crippen molar-refractivity contribution in [2.45, 2.75) is 25.8 Å². The SMILES string of the molecule is CCOc1ccc(NC(=O)c2cn(C3CCNCC3)nn2)cc1Cl.Cl. The molecule has 1 saturated heterocycles. The van der Waals surface area contributed by atoms with Crippen LogP contribution in [0.4, 0.5) is 5.69 Å². The van der Waals surface area contributed by atoms with Crippen molar-refractivity contribution in [2.24, 2.45) is 0 Å². The molecule has 1 amide bonds. The fourth-order valence-corrected chi connectivity index (χ4v) is 2.91. The first kappa shape index (κ1) is 19.5. The number of amides is 1. The largest absolute Gasteiger partial charge is 0.492 e. The van der Waals surface area contributed by atoms with E-state index in [0.717, 1.165) is 25.9 Å². The van der Waals surface area contributed by atoms with Gasteiger partial charge in [-0.1, -0.05) is 16.8 Å². The summed E-state index contributed by atoms with van der Waals surface area (Å²) in [4.78, 5) is 12.3. The van der Waals surface area contributed by atoms with Gasteiger partial charge in [-0.3, -0.25) is 4.79 Å². The molecule has 0 spiro atoms. The molecule has 2 heterocycles. The molecule has 136 valence electrons. The Morgan fingerprint density at radius 3 is 2.88 bits per heavy atom. The van der Waals surface area contributed by atoms with Gasteiger partial charge in [0.25, 0.3) is 5.91 Å². The Morgan fingerprint density at radius 1 is 1.44 bits per heavy atom. The molecule has 1 aromatic heterocycles. The minimum atomic E-state index is -0.310. The Labute approximate surface area is 157 Å². The summed E-state index contributed by atoms with van der Waals surface area (Å²) in [5.41, 5.74) is 0.878. The predicted molar refractivity (Wildman–Crippen MR) is 99.0 cm³/mol. The fourth-order valence-electron chi connectivity index (χ4n) is 2.68. The van der Waals surface area contributed by atoms with Crippen LogP contribution in [0.25, 0.3) is 0 Å². The maximum Gasteiger partial charge on any atom is 0.277 e. The van der Waals surface area contributed by atoms with E-state index >= 15 is 0 Å². The van der Waals surface area contributed by atoms with Crippen molar-refractivity contribution in [3.63, 3.8) is 0 Å². The number of carbonyl (C=O) groups is 1. The van der Waals surface area contributed by atoms with Crippen molar-refractivity contribution in [1.82, 2.24) is 20.3 Å². The molecule has 1 aromatic carbocycles. The van der Waals surface area contributed by atoms with Gasteiger partial charge in [0.1, 0.15) is 5.75 Å². The molecule has 3 rings (SSSR count). The van der Waals surface area contributed by atoms with Crippen molar-refractivity contribution in [3.8, 4) is 5.75 Å². The van der Waals surface area contributed by atoms with Crippen LogP contribution < -0.4 is 15.4 Å². The molecule has 0 bridgehead atoms. The Balaban J connectivity index is 0.00000225. The zero-order valence-electron chi connectivity index (χ0n) is 13.9. The Hall–Kier alpha value is -1.83. The first-order chi connectivity index (χ1) is 11.7. The maximum atomic E-state index is 12.3. The lowest BCUT2D eigenvalue weighted by molar-refractivity contribution is 0.102. The third kappa shape index (κ3) is 4.84. The quantitative estimate of drug-likeness (QED) is 0.826. The first-order valence-corrected chi connectivity index (χ1v) is 8.41. The molecule has 0 unspecified atom stereocenters. The van der Waals surface area contributed by atoms with Crippen LogP contribution in [-0.2, 0) is 0 Å². The summed E-state index contributed by atoms with van der Waals surface area (Å²) in [7, 11) is 0. The standard InChI is InChI=1S/C16H20ClN5O2.ClH/c1-2-24-15-4-3-11(9-13(15)17)19-16(23)14-10-22(21-20-14)12-5-7-18-8-6-12;/h3-4,9-10,12,18H,2,5-8H2,1H3,(H,19,23);1H. The topological polar surface area (TPSA) is 81.1 Å². The molecule has 9 heteroatoms. The number of anilines is 1. The van der Waals surface area contributed by atoms with Gasteiger partial charge in [0, 0.05) is 5.69 Å². The van der Waals surface area contributed by atoms with Gasteiger partial charge < -0.3 is 15.4 Å². The van der Waals surface area contributed by atoms with Crippen LogP contribution in [0.2, 0.25) is 5.02 Å². The van der Waals surface area contributed by atoms with Gasteiger partial charge in [0.15, 0.2) is 5.69 Å². The van der Waals surface area contributed by atoms with E-state index in [1.807, 2.05) is 6.92 Å². The molecule has 1 aliphatic heterocycles.